The number of hydrogen-bond donors (Lipinski definition) is 2. The molecule has 0 aromatic heterocycles. The topological polar surface area (TPSA) is 78.8 Å². The average Bonchev–Trinajstić information content (AvgIpc) is 2.88. The van der Waals surface area contributed by atoms with Crippen molar-refractivity contribution in [2.24, 2.45) is 5.16 Å². The monoisotopic (exact) mass is 316 g/mol. The Morgan fingerprint density at radius 1 is 1.05 bits per heavy atom. The smallest absolute Gasteiger partial charge is 0.229 e. The number of oxime groups is 1. The number of hydrogen-bond acceptors (Lipinski definition) is 4. The molecule has 0 heterocycles. The lowest BCUT2D eigenvalue weighted by atomic mass is 10.00. The summed E-state index contributed by atoms with van der Waals surface area (Å²) in [5, 5.41) is 12.4. The first-order chi connectivity index (χ1) is 10.5. The Labute approximate surface area is 129 Å². The van der Waals surface area contributed by atoms with E-state index in [1.165, 1.54) is 5.56 Å². The second-order valence-electron chi connectivity index (χ2n) is 5.37. The maximum atomic E-state index is 11.2. The van der Waals surface area contributed by atoms with Gasteiger partial charge in [0.05, 0.1) is 12.0 Å². The zero-order valence-corrected chi connectivity index (χ0v) is 12.9. The fourth-order valence-corrected chi connectivity index (χ4v) is 3.24. The first-order valence-electron chi connectivity index (χ1n) is 6.89. The number of nitrogens with one attached hydrogen (secondary N) is 1. The highest BCUT2D eigenvalue weighted by Crippen LogP contribution is 2.29. The van der Waals surface area contributed by atoms with E-state index in [9.17, 15) is 8.42 Å². The Morgan fingerprint density at radius 2 is 1.73 bits per heavy atom. The van der Waals surface area contributed by atoms with Gasteiger partial charge in [-0.1, -0.05) is 29.4 Å². The zero-order chi connectivity index (χ0) is 15.7. The van der Waals surface area contributed by atoms with Crippen LogP contribution in [0.1, 0.15) is 17.5 Å². The van der Waals surface area contributed by atoms with Crippen molar-refractivity contribution in [3.8, 4) is 11.1 Å². The molecule has 0 spiro atoms. The molecular weight excluding hydrogens is 300 g/mol. The number of aryl methyl sites for hydroxylation is 1. The summed E-state index contributed by atoms with van der Waals surface area (Å²) >= 11 is 0. The van der Waals surface area contributed by atoms with Gasteiger partial charge in [-0.2, -0.15) is 0 Å². The van der Waals surface area contributed by atoms with Crippen molar-refractivity contribution >= 4 is 21.4 Å². The summed E-state index contributed by atoms with van der Waals surface area (Å²) in [6, 6.07) is 13.3. The van der Waals surface area contributed by atoms with Gasteiger partial charge in [0.2, 0.25) is 10.0 Å². The molecule has 0 saturated heterocycles. The van der Waals surface area contributed by atoms with E-state index in [0.29, 0.717) is 11.4 Å². The van der Waals surface area contributed by atoms with Crippen molar-refractivity contribution in [3.05, 3.63) is 53.6 Å². The number of benzene rings is 2. The summed E-state index contributed by atoms with van der Waals surface area (Å²) in [6.07, 6.45) is 2.77. The van der Waals surface area contributed by atoms with Gasteiger partial charge >= 0.3 is 0 Å². The fourth-order valence-electron chi connectivity index (χ4n) is 2.68. The molecule has 114 valence electrons. The second-order valence-corrected chi connectivity index (χ2v) is 7.12. The van der Waals surface area contributed by atoms with Gasteiger partial charge in [-0.25, -0.2) is 8.42 Å². The minimum atomic E-state index is -3.27. The van der Waals surface area contributed by atoms with Crippen LogP contribution in [0, 0.1) is 0 Å². The van der Waals surface area contributed by atoms with Gasteiger partial charge in [-0.15, -0.1) is 0 Å². The lowest BCUT2D eigenvalue weighted by Crippen LogP contribution is -2.09. The third-order valence-corrected chi connectivity index (χ3v) is 4.30. The Balaban J connectivity index is 1.92. The highest BCUT2D eigenvalue weighted by atomic mass is 32.2. The Morgan fingerprint density at radius 3 is 2.36 bits per heavy atom. The minimum absolute atomic E-state index is 0.532. The number of anilines is 1. The molecule has 0 saturated carbocycles. The molecule has 5 nitrogen and oxygen atoms in total. The predicted molar refractivity (Wildman–Crippen MR) is 87.0 cm³/mol. The van der Waals surface area contributed by atoms with E-state index >= 15 is 0 Å². The first kappa shape index (κ1) is 14.6. The molecule has 0 aliphatic heterocycles. The molecule has 0 bridgehead atoms. The van der Waals surface area contributed by atoms with Crippen LogP contribution in [-0.2, 0) is 16.4 Å². The van der Waals surface area contributed by atoms with Crippen LogP contribution < -0.4 is 4.72 Å². The molecule has 2 aromatic carbocycles. The van der Waals surface area contributed by atoms with Crippen LogP contribution >= 0.6 is 0 Å². The van der Waals surface area contributed by atoms with Crippen molar-refractivity contribution in [1.29, 1.82) is 0 Å². The standard InChI is InChI=1S/C16H16N2O3S/c1-22(20,21)18-14-7-4-11(5-8-14)13-3-2-12-6-9-16(17-19)15(12)10-13/h2-5,7-8,10,18-19H,6,9H2,1H3/b17-16-. The van der Waals surface area contributed by atoms with Crippen LogP contribution in [0.3, 0.4) is 0 Å². The summed E-state index contributed by atoms with van der Waals surface area (Å²) in [4.78, 5) is 0. The highest BCUT2D eigenvalue weighted by molar-refractivity contribution is 7.92. The molecule has 0 unspecified atom stereocenters. The van der Waals surface area contributed by atoms with Gasteiger partial charge in [0.25, 0.3) is 0 Å². The molecule has 22 heavy (non-hydrogen) atoms. The molecule has 0 fully saturated rings. The van der Waals surface area contributed by atoms with Gasteiger partial charge in [0.15, 0.2) is 0 Å². The number of fused-ring (bicyclic) bond motifs is 1. The Bertz CT molecular complexity index is 840. The van der Waals surface area contributed by atoms with E-state index in [1.54, 1.807) is 12.1 Å². The van der Waals surface area contributed by atoms with Gasteiger partial charge in [-0.3, -0.25) is 4.72 Å². The van der Waals surface area contributed by atoms with Crippen LogP contribution in [0.2, 0.25) is 0 Å². The van der Waals surface area contributed by atoms with Crippen LogP contribution in [-0.4, -0.2) is 25.6 Å². The summed E-state index contributed by atoms with van der Waals surface area (Å²) in [5.41, 5.74) is 5.40. The number of nitrogens with zero attached hydrogens (tertiary/aromatic N) is 1. The largest absolute Gasteiger partial charge is 0.411 e. The molecule has 1 aliphatic rings. The van der Waals surface area contributed by atoms with Gasteiger partial charge < -0.3 is 5.21 Å². The lowest BCUT2D eigenvalue weighted by molar-refractivity contribution is 0.318. The number of rotatable bonds is 3. The SMILES string of the molecule is CS(=O)(=O)Nc1ccc(-c2ccc3c(c2)/C(=N\O)CC3)cc1. The zero-order valence-electron chi connectivity index (χ0n) is 12.1. The molecule has 0 atom stereocenters. The van der Waals surface area contributed by atoms with Crippen LogP contribution in [0.4, 0.5) is 5.69 Å². The van der Waals surface area contributed by atoms with Crippen LogP contribution in [0.5, 0.6) is 0 Å². The quantitative estimate of drug-likeness (QED) is 0.675. The van der Waals surface area contributed by atoms with E-state index in [2.05, 4.69) is 9.88 Å². The summed E-state index contributed by atoms with van der Waals surface area (Å²) in [7, 11) is -3.27. The van der Waals surface area contributed by atoms with Crippen molar-refractivity contribution in [1.82, 2.24) is 0 Å². The Hall–Kier alpha value is -2.34. The normalized spacial score (nSPS) is 15.8. The summed E-state index contributed by atoms with van der Waals surface area (Å²) in [6.45, 7) is 0. The van der Waals surface area contributed by atoms with Crippen LogP contribution in [0.15, 0.2) is 47.6 Å². The molecular formula is C16H16N2O3S. The highest BCUT2D eigenvalue weighted by Gasteiger charge is 2.18. The maximum absolute atomic E-state index is 11.2. The van der Waals surface area contributed by atoms with Crippen LogP contribution in [0.25, 0.3) is 11.1 Å². The first-order valence-corrected chi connectivity index (χ1v) is 8.78. The molecule has 6 heteroatoms. The van der Waals surface area contributed by atoms with Crippen molar-refractivity contribution in [2.75, 3.05) is 11.0 Å². The molecule has 0 amide bonds. The van der Waals surface area contributed by atoms with Crippen molar-refractivity contribution in [2.45, 2.75) is 12.8 Å². The fraction of sp³-hybridized carbons (Fsp3) is 0.188. The van der Waals surface area contributed by atoms with Crippen molar-refractivity contribution in [3.63, 3.8) is 0 Å². The maximum Gasteiger partial charge on any atom is 0.229 e. The summed E-state index contributed by atoms with van der Waals surface area (Å²) in [5.74, 6) is 0. The average molecular weight is 316 g/mol. The number of sulfonamides is 1. The third-order valence-electron chi connectivity index (χ3n) is 3.69. The van der Waals surface area contributed by atoms with Gasteiger partial charge in [-0.05, 0) is 47.7 Å². The molecule has 3 rings (SSSR count). The third kappa shape index (κ3) is 2.96. The minimum Gasteiger partial charge on any atom is -0.411 e. The Kier molecular flexibility index (Phi) is 3.62. The molecule has 2 N–H and O–H groups in total. The van der Waals surface area contributed by atoms with Gasteiger partial charge in [0, 0.05) is 11.3 Å². The van der Waals surface area contributed by atoms with E-state index in [4.69, 9.17) is 5.21 Å². The van der Waals surface area contributed by atoms with E-state index in [0.717, 1.165) is 35.8 Å². The predicted octanol–water partition coefficient (Wildman–Crippen LogP) is 2.85. The van der Waals surface area contributed by atoms with E-state index < -0.39 is 10.0 Å². The lowest BCUT2D eigenvalue weighted by Gasteiger charge is -2.08. The van der Waals surface area contributed by atoms with Crippen molar-refractivity contribution < 1.29 is 13.6 Å². The van der Waals surface area contributed by atoms with E-state index in [1.807, 2.05) is 30.3 Å². The second kappa shape index (κ2) is 5.46. The van der Waals surface area contributed by atoms with Gasteiger partial charge in [0.1, 0.15) is 0 Å². The molecule has 0 radical (unpaired) electrons. The molecule has 1 aliphatic carbocycles. The summed E-state index contributed by atoms with van der Waals surface area (Å²) < 4.78 is 24.8. The molecule has 2 aromatic rings. The van der Waals surface area contributed by atoms with E-state index in [-0.39, 0.29) is 0 Å².